The Morgan fingerprint density at radius 3 is 3.07 bits per heavy atom. The lowest BCUT2D eigenvalue weighted by molar-refractivity contribution is 0.0441. The highest BCUT2D eigenvalue weighted by Crippen LogP contribution is 2.28. The van der Waals surface area contributed by atoms with Crippen LogP contribution in [0.1, 0.15) is 0 Å². The normalized spacial score (nSPS) is 21.5. The second kappa shape index (κ2) is 5.39. The topological polar surface area (TPSA) is 41.5 Å². The highest BCUT2D eigenvalue weighted by atomic mass is 32.2. The summed E-state index contributed by atoms with van der Waals surface area (Å²) in [5.41, 5.74) is 0. The van der Waals surface area contributed by atoms with Crippen LogP contribution in [0.5, 0.6) is 5.75 Å². The van der Waals surface area contributed by atoms with E-state index in [9.17, 15) is 5.11 Å². The van der Waals surface area contributed by atoms with Gasteiger partial charge in [0.25, 0.3) is 0 Å². The van der Waals surface area contributed by atoms with E-state index in [1.807, 2.05) is 18.2 Å². The van der Waals surface area contributed by atoms with Crippen molar-refractivity contribution in [3.05, 3.63) is 24.3 Å². The van der Waals surface area contributed by atoms with Crippen LogP contribution in [0.25, 0.3) is 0 Å². The number of phenols is 1. The molecule has 1 unspecified atom stereocenters. The first-order valence-electron chi connectivity index (χ1n) is 5.09. The molecule has 1 saturated heterocycles. The first-order valence-corrected chi connectivity index (χ1v) is 6.08. The summed E-state index contributed by atoms with van der Waals surface area (Å²) in [5, 5.41) is 12.8. The van der Waals surface area contributed by atoms with Crippen molar-refractivity contribution in [2.24, 2.45) is 0 Å². The minimum absolute atomic E-state index is 0.253. The van der Waals surface area contributed by atoms with Crippen LogP contribution in [-0.4, -0.2) is 36.7 Å². The summed E-state index contributed by atoms with van der Waals surface area (Å²) >= 11 is 1.64. The van der Waals surface area contributed by atoms with Crippen LogP contribution in [0.3, 0.4) is 0 Å². The maximum atomic E-state index is 9.56. The van der Waals surface area contributed by atoms with Crippen LogP contribution in [-0.2, 0) is 4.74 Å². The molecule has 2 N–H and O–H groups in total. The zero-order chi connectivity index (χ0) is 10.5. The van der Waals surface area contributed by atoms with Crippen molar-refractivity contribution in [1.82, 2.24) is 5.32 Å². The van der Waals surface area contributed by atoms with E-state index in [1.165, 1.54) is 0 Å². The molecule has 0 radical (unpaired) electrons. The van der Waals surface area contributed by atoms with Crippen molar-refractivity contribution in [1.29, 1.82) is 0 Å². The van der Waals surface area contributed by atoms with Crippen molar-refractivity contribution < 1.29 is 9.84 Å². The summed E-state index contributed by atoms with van der Waals surface area (Å²) in [5.74, 6) is 1.23. The standard InChI is InChI=1S/C11H15NO2S/c13-10-3-1-2-4-11(10)15-8-9-7-12-5-6-14-9/h1-4,9,12-13H,5-8H2. The Kier molecular flexibility index (Phi) is 3.88. The average molecular weight is 225 g/mol. The fourth-order valence-electron chi connectivity index (χ4n) is 1.49. The van der Waals surface area contributed by atoms with Crippen molar-refractivity contribution in [3.63, 3.8) is 0 Å². The number of nitrogens with one attached hydrogen (secondary N) is 1. The number of hydrogen-bond donors (Lipinski definition) is 2. The van der Waals surface area contributed by atoms with Gasteiger partial charge in [0.2, 0.25) is 0 Å². The maximum absolute atomic E-state index is 9.56. The average Bonchev–Trinajstić information content (AvgIpc) is 2.29. The predicted octanol–water partition coefficient (Wildman–Crippen LogP) is 1.47. The van der Waals surface area contributed by atoms with Crippen molar-refractivity contribution >= 4 is 11.8 Å². The molecule has 0 aromatic heterocycles. The van der Waals surface area contributed by atoms with Gasteiger partial charge in [0.1, 0.15) is 5.75 Å². The minimum atomic E-state index is 0.253. The Morgan fingerprint density at radius 1 is 1.47 bits per heavy atom. The van der Waals surface area contributed by atoms with E-state index in [-0.39, 0.29) is 6.10 Å². The van der Waals surface area contributed by atoms with E-state index in [2.05, 4.69) is 5.32 Å². The van der Waals surface area contributed by atoms with Gasteiger partial charge in [-0.05, 0) is 12.1 Å². The molecule has 0 bridgehead atoms. The molecular formula is C11H15NO2S. The Bertz CT molecular complexity index is 313. The molecule has 82 valence electrons. The molecule has 3 nitrogen and oxygen atoms in total. The largest absolute Gasteiger partial charge is 0.507 e. The summed E-state index contributed by atoms with van der Waals surface area (Å²) in [6.45, 7) is 2.63. The molecule has 0 spiro atoms. The van der Waals surface area contributed by atoms with Crippen molar-refractivity contribution in [2.75, 3.05) is 25.4 Å². The molecular weight excluding hydrogens is 210 g/mol. The Morgan fingerprint density at radius 2 is 2.33 bits per heavy atom. The van der Waals surface area contributed by atoms with Gasteiger partial charge >= 0.3 is 0 Å². The molecule has 1 atom stereocenters. The van der Waals surface area contributed by atoms with Crippen molar-refractivity contribution in [2.45, 2.75) is 11.0 Å². The molecule has 0 saturated carbocycles. The van der Waals surface area contributed by atoms with E-state index in [0.717, 1.165) is 30.3 Å². The van der Waals surface area contributed by atoms with Gasteiger partial charge in [-0.1, -0.05) is 12.1 Å². The summed E-state index contributed by atoms with van der Waals surface area (Å²) in [4.78, 5) is 0.923. The number of thioether (sulfide) groups is 1. The van der Waals surface area contributed by atoms with Gasteiger partial charge in [0, 0.05) is 23.7 Å². The second-order valence-electron chi connectivity index (χ2n) is 3.48. The van der Waals surface area contributed by atoms with E-state index in [4.69, 9.17) is 4.74 Å². The van der Waals surface area contributed by atoms with Crippen LogP contribution in [0.4, 0.5) is 0 Å². The molecule has 1 aliphatic heterocycles. The molecule has 2 rings (SSSR count). The predicted molar refractivity (Wildman–Crippen MR) is 61.4 cm³/mol. The quantitative estimate of drug-likeness (QED) is 0.764. The monoisotopic (exact) mass is 225 g/mol. The highest BCUT2D eigenvalue weighted by Gasteiger charge is 2.14. The number of aromatic hydroxyl groups is 1. The highest BCUT2D eigenvalue weighted by molar-refractivity contribution is 7.99. The molecule has 15 heavy (non-hydrogen) atoms. The molecule has 1 fully saturated rings. The molecule has 0 aliphatic carbocycles. The molecule has 1 aliphatic rings. The van der Waals surface area contributed by atoms with Crippen LogP contribution in [0.15, 0.2) is 29.2 Å². The van der Waals surface area contributed by atoms with Crippen LogP contribution in [0, 0.1) is 0 Å². The number of ether oxygens (including phenoxy) is 1. The number of benzene rings is 1. The SMILES string of the molecule is Oc1ccccc1SCC1CNCCO1. The number of rotatable bonds is 3. The maximum Gasteiger partial charge on any atom is 0.129 e. The Hall–Kier alpha value is -0.710. The van der Waals surface area contributed by atoms with Gasteiger partial charge in [0.15, 0.2) is 0 Å². The zero-order valence-corrected chi connectivity index (χ0v) is 9.30. The lowest BCUT2D eigenvalue weighted by atomic mass is 10.3. The van der Waals surface area contributed by atoms with Crippen molar-refractivity contribution in [3.8, 4) is 5.75 Å². The van der Waals surface area contributed by atoms with E-state index in [0.29, 0.717) is 5.75 Å². The van der Waals surface area contributed by atoms with Crippen LogP contribution in [0.2, 0.25) is 0 Å². The van der Waals surface area contributed by atoms with Crippen LogP contribution >= 0.6 is 11.8 Å². The van der Waals surface area contributed by atoms with Gasteiger partial charge in [-0.2, -0.15) is 0 Å². The molecule has 0 amide bonds. The summed E-state index contributed by atoms with van der Waals surface area (Å²) in [6.07, 6.45) is 0.253. The molecule has 1 aromatic rings. The summed E-state index contributed by atoms with van der Waals surface area (Å²) in [6, 6.07) is 7.40. The van der Waals surface area contributed by atoms with Gasteiger partial charge in [-0.3, -0.25) is 0 Å². The molecule has 1 aromatic carbocycles. The van der Waals surface area contributed by atoms with Gasteiger partial charge < -0.3 is 15.2 Å². The first-order chi connectivity index (χ1) is 7.36. The third-order valence-corrected chi connectivity index (χ3v) is 3.49. The van der Waals surface area contributed by atoms with Gasteiger partial charge in [-0.15, -0.1) is 11.8 Å². The number of para-hydroxylation sites is 1. The molecule has 4 heteroatoms. The van der Waals surface area contributed by atoms with E-state index >= 15 is 0 Å². The Balaban J connectivity index is 1.84. The lowest BCUT2D eigenvalue weighted by Gasteiger charge is -2.23. The number of hydrogen-bond acceptors (Lipinski definition) is 4. The first kappa shape index (κ1) is 10.8. The smallest absolute Gasteiger partial charge is 0.129 e. The minimum Gasteiger partial charge on any atom is -0.507 e. The summed E-state index contributed by atoms with van der Waals surface area (Å²) in [7, 11) is 0. The third kappa shape index (κ3) is 3.12. The van der Waals surface area contributed by atoms with E-state index < -0.39 is 0 Å². The second-order valence-corrected chi connectivity index (χ2v) is 4.54. The zero-order valence-electron chi connectivity index (χ0n) is 8.48. The number of morpholine rings is 1. The van der Waals surface area contributed by atoms with Gasteiger partial charge in [0.05, 0.1) is 12.7 Å². The lowest BCUT2D eigenvalue weighted by Crippen LogP contribution is -2.39. The molecule has 1 heterocycles. The summed E-state index contributed by atoms with van der Waals surface area (Å²) < 4.78 is 5.57. The third-order valence-electron chi connectivity index (χ3n) is 2.29. The Labute approximate surface area is 93.8 Å². The fraction of sp³-hybridized carbons (Fsp3) is 0.455. The van der Waals surface area contributed by atoms with Crippen LogP contribution < -0.4 is 5.32 Å². The van der Waals surface area contributed by atoms with Gasteiger partial charge in [-0.25, -0.2) is 0 Å². The fourth-order valence-corrected chi connectivity index (χ4v) is 2.46. The number of phenolic OH excluding ortho intramolecular Hbond substituents is 1. The van der Waals surface area contributed by atoms with E-state index in [1.54, 1.807) is 17.8 Å².